The summed E-state index contributed by atoms with van der Waals surface area (Å²) in [4.78, 5) is 24.0. The van der Waals surface area contributed by atoms with Gasteiger partial charge in [-0.25, -0.2) is 18.0 Å². The summed E-state index contributed by atoms with van der Waals surface area (Å²) in [6, 6.07) is 19.4. The van der Waals surface area contributed by atoms with E-state index >= 15 is 0 Å². The fourth-order valence-electron chi connectivity index (χ4n) is 3.01. The molecule has 33 heavy (non-hydrogen) atoms. The molecule has 0 atom stereocenters. The number of ether oxygens (including phenoxy) is 2. The van der Waals surface area contributed by atoms with Gasteiger partial charge in [0, 0.05) is 13.6 Å². The molecule has 0 spiro atoms. The number of methoxy groups -OCH3 is 1. The Hall–Kier alpha value is -3.20. The highest BCUT2D eigenvalue weighted by molar-refractivity contribution is 7.89. The molecule has 0 heterocycles. The van der Waals surface area contributed by atoms with Crippen LogP contribution in [0.4, 0.5) is 0 Å². The van der Waals surface area contributed by atoms with E-state index in [1.165, 1.54) is 36.7 Å². The van der Waals surface area contributed by atoms with Crippen LogP contribution < -0.4 is 0 Å². The van der Waals surface area contributed by atoms with E-state index in [4.69, 9.17) is 16.3 Å². The monoisotopic (exact) mass is 487 g/mol. The molecule has 9 heteroatoms. The van der Waals surface area contributed by atoms with Crippen LogP contribution in [0.5, 0.6) is 0 Å². The standard InChI is InChI=1S/C24H22ClNO6S/c1-26(15-17-6-4-3-5-7-17)33(29,30)20-12-13-22(25)21(14-20)24(28)32-16-18-8-10-19(11-9-18)23(27)31-2/h3-14H,15-16H2,1-2H3. The smallest absolute Gasteiger partial charge is 0.340 e. The molecule has 0 saturated heterocycles. The van der Waals surface area contributed by atoms with Gasteiger partial charge in [-0.05, 0) is 41.5 Å². The fourth-order valence-corrected chi connectivity index (χ4v) is 4.39. The van der Waals surface area contributed by atoms with Crippen LogP contribution in [-0.4, -0.2) is 38.8 Å². The van der Waals surface area contributed by atoms with E-state index in [1.54, 1.807) is 24.3 Å². The first kappa shape index (κ1) is 24.4. The van der Waals surface area contributed by atoms with Gasteiger partial charge >= 0.3 is 11.9 Å². The first-order valence-electron chi connectivity index (χ1n) is 9.86. The van der Waals surface area contributed by atoms with Crippen LogP contribution in [0.3, 0.4) is 0 Å². The largest absolute Gasteiger partial charge is 0.465 e. The number of benzene rings is 3. The van der Waals surface area contributed by atoms with Gasteiger partial charge in [0.15, 0.2) is 0 Å². The second-order valence-electron chi connectivity index (χ2n) is 7.15. The highest BCUT2D eigenvalue weighted by atomic mass is 35.5. The van der Waals surface area contributed by atoms with Crippen molar-refractivity contribution in [1.29, 1.82) is 0 Å². The van der Waals surface area contributed by atoms with Crippen LogP contribution in [0.1, 0.15) is 31.8 Å². The van der Waals surface area contributed by atoms with Gasteiger partial charge < -0.3 is 9.47 Å². The molecule has 0 aliphatic heterocycles. The lowest BCUT2D eigenvalue weighted by Crippen LogP contribution is -2.26. The quantitative estimate of drug-likeness (QED) is 0.440. The molecule has 3 aromatic carbocycles. The van der Waals surface area contributed by atoms with Gasteiger partial charge in [-0.2, -0.15) is 4.31 Å². The zero-order valence-corrected chi connectivity index (χ0v) is 19.6. The molecular formula is C24H22ClNO6S. The van der Waals surface area contributed by atoms with E-state index in [0.717, 1.165) is 5.56 Å². The second-order valence-corrected chi connectivity index (χ2v) is 9.61. The van der Waals surface area contributed by atoms with Gasteiger partial charge in [0.05, 0.1) is 28.2 Å². The van der Waals surface area contributed by atoms with Crippen LogP contribution in [0.15, 0.2) is 77.7 Å². The number of carbonyl (C=O) groups is 2. The molecule has 0 saturated carbocycles. The lowest BCUT2D eigenvalue weighted by molar-refractivity contribution is 0.0471. The number of sulfonamides is 1. The minimum Gasteiger partial charge on any atom is -0.465 e. The molecule has 0 aliphatic rings. The molecule has 3 rings (SSSR count). The molecule has 0 bridgehead atoms. The maximum atomic E-state index is 13.0. The topological polar surface area (TPSA) is 90.0 Å². The Morgan fingerprint density at radius 2 is 1.58 bits per heavy atom. The third-order valence-corrected chi connectivity index (χ3v) is 6.99. The summed E-state index contributed by atoms with van der Waals surface area (Å²) < 4.78 is 37.2. The Bertz CT molecular complexity index is 1240. The van der Waals surface area contributed by atoms with Crippen molar-refractivity contribution in [1.82, 2.24) is 4.31 Å². The molecule has 0 unspecified atom stereocenters. The lowest BCUT2D eigenvalue weighted by atomic mass is 10.1. The highest BCUT2D eigenvalue weighted by Crippen LogP contribution is 2.24. The average molecular weight is 488 g/mol. The molecule has 0 aromatic heterocycles. The Kier molecular flexibility index (Phi) is 7.86. The van der Waals surface area contributed by atoms with Crippen molar-refractivity contribution < 1.29 is 27.5 Å². The number of esters is 2. The van der Waals surface area contributed by atoms with Crippen molar-refractivity contribution in [2.24, 2.45) is 0 Å². The number of rotatable bonds is 8. The van der Waals surface area contributed by atoms with Gasteiger partial charge in [-0.1, -0.05) is 54.1 Å². The van der Waals surface area contributed by atoms with E-state index < -0.39 is 22.0 Å². The SMILES string of the molecule is COC(=O)c1ccc(COC(=O)c2cc(S(=O)(=O)N(C)Cc3ccccc3)ccc2Cl)cc1. The first-order chi connectivity index (χ1) is 15.7. The number of hydrogen-bond acceptors (Lipinski definition) is 6. The summed E-state index contributed by atoms with van der Waals surface area (Å²) >= 11 is 6.14. The van der Waals surface area contributed by atoms with E-state index in [2.05, 4.69) is 4.74 Å². The maximum absolute atomic E-state index is 13.0. The van der Waals surface area contributed by atoms with Crippen LogP contribution in [0.25, 0.3) is 0 Å². The fraction of sp³-hybridized carbons (Fsp3) is 0.167. The predicted octanol–water partition coefficient (Wildman–Crippen LogP) is 4.30. The summed E-state index contributed by atoms with van der Waals surface area (Å²) in [5.74, 6) is -1.24. The minimum absolute atomic E-state index is 0.0583. The van der Waals surface area contributed by atoms with Crippen molar-refractivity contribution in [2.75, 3.05) is 14.2 Å². The van der Waals surface area contributed by atoms with E-state index in [-0.39, 0.29) is 28.6 Å². The normalized spacial score (nSPS) is 11.3. The Morgan fingerprint density at radius 1 is 0.909 bits per heavy atom. The van der Waals surface area contributed by atoms with Crippen molar-refractivity contribution in [2.45, 2.75) is 18.0 Å². The number of halogens is 1. The Balaban J connectivity index is 1.73. The van der Waals surface area contributed by atoms with Crippen molar-refractivity contribution >= 4 is 33.6 Å². The number of nitrogens with zero attached hydrogens (tertiary/aromatic N) is 1. The molecular weight excluding hydrogens is 466 g/mol. The molecule has 0 radical (unpaired) electrons. The van der Waals surface area contributed by atoms with E-state index in [9.17, 15) is 18.0 Å². The maximum Gasteiger partial charge on any atom is 0.340 e. The minimum atomic E-state index is -3.87. The molecule has 0 amide bonds. The third-order valence-electron chi connectivity index (χ3n) is 4.86. The summed E-state index contributed by atoms with van der Waals surface area (Å²) in [5.41, 5.74) is 1.78. The Morgan fingerprint density at radius 3 is 2.21 bits per heavy atom. The summed E-state index contributed by atoms with van der Waals surface area (Å²) in [5, 5.41) is 0.0747. The third kappa shape index (κ3) is 5.98. The zero-order chi connectivity index (χ0) is 24.0. The van der Waals surface area contributed by atoms with Crippen LogP contribution in [0, 0.1) is 0 Å². The molecule has 0 fully saturated rings. The van der Waals surface area contributed by atoms with Crippen LogP contribution in [-0.2, 0) is 32.6 Å². The Labute approximate surface area is 197 Å². The molecule has 0 N–H and O–H groups in total. The van der Waals surface area contributed by atoms with Crippen molar-refractivity contribution in [3.63, 3.8) is 0 Å². The van der Waals surface area contributed by atoms with Crippen molar-refractivity contribution in [3.8, 4) is 0 Å². The predicted molar refractivity (Wildman–Crippen MR) is 123 cm³/mol. The van der Waals surface area contributed by atoms with Gasteiger partial charge in [0.25, 0.3) is 0 Å². The molecule has 3 aromatic rings. The summed E-state index contributed by atoms with van der Waals surface area (Å²) in [6.45, 7) is 0.0919. The summed E-state index contributed by atoms with van der Waals surface area (Å²) in [6.07, 6.45) is 0. The summed E-state index contributed by atoms with van der Waals surface area (Å²) in [7, 11) is -1.12. The first-order valence-corrected chi connectivity index (χ1v) is 11.7. The second kappa shape index (κ2) is 10.6. The van der Waals surface area contributed by atoms with Crippen LogP contribution >= 0.6 is 11.6 Å². The van der Waals surface area contributed by atoms with Gasteiger partial charge in [-0.3, -0.25) is 0 Å². The van der Waals surface area contributed by atoms with Crippen LogP contribution in [0.2, 0.25) is 5.02 Å². The molecule has 0 aliphatic carbocycles. The van der Waals surface area contributed by atoms with E-state index in [1.807, 2.05) is 30.3 Å². The van der Waals surface area contributed by atoms with Gasteiger partial charge in [0.2, 0.25) is 10.0 Å². The van der Waals surface area contributed by atoms with Crippen molar-refractivity contribution in [3.05, 3.63) is 100 Å². The lowest BCUT2D eigenvalue weighted by Gasteiger charge is -2.18. The van der Waals surface area contributed by atoms with E-state index in [0.29, 0.717) is 11.1 Å². The highest BCUT2D eigenvalue weighted by Gasteiger charge is 2.24. The van der Waals surface area contributed by atoms with Gasteiger partial charge in [-0.15, -0.1) is 0 Å². The van der Waals surface area contributed by atoms with Gasteiger partial charge in [0.1, 0.15) is 6.61 Å². The zero-order valence-electron chi connectivity index (χ0n) is 18.0. The molecule has 172 valence electrons. The number of hydrogen-bond donors (Lipinski definition) is 0. The average Bonchev–Trinajstić information content (AvgIpc) is 2.83. The molecule has 7 nitrogen and oxygen atoms in total. The number of carbonyl (C=O) groups excluding carboxylic acids is 2.